The molecule has 2 aromatic rings. The zero-order chi connectivity index (χ0) is 16.7. The summed E-state index contributed by atoms with van der Waals surface area (Å²) in [6.07, 6.45) is 2.56. The van der Waals surface area contributed by atoms with Gasteiger partial charge in [0.15, 0.2) is 5.69 Å². The first kappa shape index (κ1) is 17.0. The lowest BCUT2D eigenvalue weighted by Crippen LogP contribution is -2.14. The fourth-order valence-corrected chi connectivity index (χ4v) is 2.06. The normalized spacial score (nSPS) is 10.8. The zero-order valence-electron chi connectivity index (χ0n) is 13.8. The second kappa shape index (κ2) is 8.31. The van der Waals surface area contributed by atoms with Gasteiger partial charge in [0, 0.05) is 12.0 Å². The van der Waals surface area contributed by atoms with Crippen LogP contribution in [0.2, 0.25) is 0 Å². The van der Waals surface area contributed by atoms with Gasteiger partial charge in [-0.3, -0.25) is 4.79 Å². The summed E-state index contributed by atoms with van der Waals surface area (Å²) >= 11 is 0. The second-order valence-electron chi connectivity index (χ2n) is 5.83. The average Bonchev–Trinajstić information content (AvgIpc) is 2.95. The van der Waals surface area contributed by atoms with Crippen LogP contribution in [0.5, 0.6) is 5.75 Å². The lowest BCUT2D eigenvalue weighted by molar-refractivity contribution is -0.116. The van der Waals surface area contributed by atoms with E-state index in [1.54, 1.807) is 0 Å². The van der Waals surface area contributed by atoms with Gasteiger partial charge in [-0.05, 0) is 46.9 Å². The SMILES string of the molecule is CCCCOc1ccc(-c2nonc2NC(=O)CC(C)C)cc1. The molecule has 6 heteroatoms. The van der Waals surface area contributed by atoms with E-state index in [9.17, 15) is 4.79 Å². The Bertz CT molecular complexity index is 620. The number of carbonyl (C=O) groups is 1. The summed E-state index contributed by atoms with van der Waals surface area (Å²) < 4.78 is 10.4. The number of amides is 1. The van der Waals surface area contributed by atoms with Gasteiger partial charge in [0.1, 0.15) is 5.75 Å². The van der Waals surface area contributed by atoms with Gasteiger partial charge in [0.25, 0.3) is 0 Å². The molecule has 0 atom stereocenters. The number of anilines is 1. The van der Waals surface area contributed by atoms with E-state index in [4.69, 9.17) is 9.37 Å². The minimum atomic E-state index is -0.100. The van der Waals surface area contributed by atoms with E-state index in [2.05, 4.69) is 22.6 Å². The fraction of sp³-hybridized carbons (Fsp3) is 0.471. The summed E-state index contributed by atoms with van der Waals surface area (Å²) in [5.41, 5.74) is 1.33. The highest BCUT2D eigenvalue weighted by molar-refractivity contribution is 5.93. The van der Waals surface area contributed by atoms with Crippen LogP contribution in [0.1, 0.15) is 40.0 Å². The Labute approximate surface area is 136 Å². The molecule has 0 spiro atoms. The molecule has 0 aliphatic heterocycles. The summed E-state index contributed by atoms with van der Waals surface area (Å²) in [5, 5.41) is 10.4. The Kier molecular flexibility index (Phi) is 6.14. The van der Waals surface area contributed by atoms with Crippen molar-refractivity contribution in [1.82, 2.24) is 10.3 Å². The summed E-state index contributed by atoms with van der Waals surface area (Å²) in [7, 11) is 0. The van der Waals surface area contributed by atoms with Crippen LogP contribution >= 0.6 is 0 Å². The van der Waals surface area contributed by atoms with E-state index in [0.717, 1.165) is 24.2 Å². The number of unbranched alkanes of at least 4 members (excludes halogenated alkanes) is 1. The third-order valence-electron chi connectivity index (χ3n) is 3.23. The summed E-state index contributed by atoms with van der Waals surface area (Å²) in [6, 6.07) is 7.50. The molecule has 124 valence electrons. The van der Waals surface area contributed by atoms with Crippen LogP contribution in [0.15, 0.2) is 28.9 Å². The number of aromatic nitrogens is 2. The fourth-order valence-electron chi connectivity index (χ4n) is 2.06. The van der Waals surface area contributed by atoms with Crippen molar-refractivity contribution in [2.45, 2.75) is 40.0 Å². The van der Waals surface area contributed by atoms with Crippen molar-refractivity contribution in [2.75, 3.05) is 11.9 Å². The number of rotatable bonds is 8. The van der Waals surface area contributed by atoms with Crippen molar-refractivity contribution in [3.63, 3.8) is 0 Å². The molecule has 1 aromatic carbocycles. The van der Waals surface area contributed by atoms with Gasteiger partial charge in [-0.1, -0.05) is 27.2 Å². The number of nitrogens with one attached hydrogen (secondary N) is 1. The van der Waals surface area contributed by atoms with Crippen molar-refractivity contribution < 1.29 is 14.2 Å². The highest BCUT2D eigenvalue weighted by Crippen LogP contribution is 2.26. The third kappa shape index (κ3) is 5.09. The van der Waals surface area contributed by atoms with Crippen LogP contribution in [0.3, 0.4) is 0 Å². The maximum atomic E-state index is 11.9. The molecule has 0 radical (unpaired) electrons. The van der Waals surface area contributed by atoms with Crippen LogP contribution in [0, 0.1) is 5.92 Å². The second-order valence-corrected chi connectivity index (χ2v) is 5.83. The number of nitrogens with zero attached hydrogens (tertiary/aromatic N) is 2. The molecule has 1 aromatic heterocycles. The number of hydrogen-bond acceptors (Lipinski definition) is 5. The van der Waals surface area contributed by atoms with Gasteiger partial charge < -0.3 is 10.1 Å². The van der Waals surface area contributed by atoms with Gasteiger partial charge in [-0.25, -0.2) is 4.63 Å². The summed E-state index contributed by atoms with van der Waals surface area (Å²) in [5.74, 6) is 1.33. The first-order valence-corrected chi connectivity index (χ1v) is 7.95. The largest absolute Gasteiger partial charge is 0.494 e. The van der Waals surface area contributed by atoms with Crippen LogP contribution in [0.4, 0.5) is 5.82 Å². The van der Waals surface area contributed by atoms with Crippen molar-refractivity contribution in [3.8, 4) is 17.0 Å². The molecular weight excluding hydrogens is 294 g/mol. The van der Waals surface area contributed by atoms with Crippen molar-refractivity contribution >= 4 is 11.7 Å². The van der Waals surface area contributed by atoms with E-state index in [1.807, 2.05) is 38.1 Å². The summed E-state index contributed by atoms with van der Waals surface area (Å²) in [4.78, 5) is 11.9. The predicted molar refractivity (Wildman–Crippen MR) is 88.2 cm³/mol. The monoisotopic (exact) mass is 317 g/mol. The lowest BCUT2D eigenvalue weighted by Gasteiger charge is -2.07. The van der Waals surface area contributed by atoms with Gasteiger partial charge in [0.05, 0.1) is 6.61 Å². The topological polar surface area (TPSA) is 77.2 Å². The number of hydrogen-bond donors (Lipinski definition) is 1. The Hall–Kier alpha value is -2.37. The van der Waals surface area contributed by atoms with E-state index in [-0.39, 0.29) is 11.8 Å². The molecule has 0 aliphatic rings. The quantitative estimate of drug-likeness (QED) is 0.747. The minimum Gasteiger partial charge on any atom is -0.494 e. The van der Waals surface area contributed by atoms with E-state index < -0.39 is 0 Å². The molecule has 0 saturated carbocycles. The standard InChI is InChI=1S/C17H23N3O3/c1-4-5-10-22-14-8-6-13(7-9-14)16-17(20-23-19-16)18-15(21)11-12(2)3/h6-9,12H,4-5,10-11H2,1-3H3,(H,18,20,21). The number of carbonyl (C=O) groups excluding carboxylic acids is 1. The molecule has 0 fully saturated rings. The highest BCUT2D eigenvalue weighted by atomic mass is 16.6. The van der Waals surface area contributed by atoms with Crippen LogP contribution in [-0.4, -0.2) is 22.8 Å². The van der Waals surface area contributed by atoms with Crippen LogP contribution in [-0.2, 0) is 4.79 Å². The number of ether oxygens (including phenoxy) is 1. The minimum absolute atomic E-state index is 0.100. The molecular formula is C17H23N3O3. The van der Waals surface area contributed by atoms with E-state index >= 15 is 0 Å². The molecule has 23 heavy (non-hydrogen) atoms. The maximum absolute atomic E-state index is 11.9. The van der Waals surface area contributed by atoms with E-state index in [0.29, 0.717) is 24.5 Å². The van der Waals surface area contributed by atoms with Crippen LogP contribution in [0.25, 0.3) is 11.3 Å². The first-order chi connectivity index (χ1) is 11.1. The average molecular weight is 317 g/mol. The van der Waals surface area contributed by atoms with Gasteiger partial charge in [0.2, 0.25) is 11.7 Å². The molecule has 0 aliphatic carbocycles. The molecule has 2 rings (SSSR count). The van der Waals surface area contributed by atoms with Crippen LogP contribution < -0.4 is 10.1 Å². The zero-order valence-corrected chi connectivity index (χ0v) is 13.8. The molecule has 0 saturated heterocycles. The van der Waals surface area contributed by atoms with Gasteiger partial charge in [-0.2, -0.15) is 0 Å². The van der Waals surface area contributed by atoms with Crippen molar-refractivity contribution in [2.24, 2.45) is 5.92 Å². The molecule has 1 amide bonds. The Morgan fingerprint density at radius 2 is 2.00 bits per heavy atom. The maximum Gasteiger partial charge on any atom is 0.225 e. The smallest absolute Gasteiger partial charge is 0.225 e. The molecule has 6 nitrogen and oxygen atoms in total. The Morgan fingerprint density at radius 1 is 1.26 bits per heavy atom. The number of benzene rings is 1. The predicted octanol–water partition coefficient (Wildman–Crippen LogP) is 3.90. The molecule has 0 bridgehead atoms. The lowest BCUT2D eigenvalue weighted by atomic mass is 10.1. The Morgan fingerprint density at radius 3 is 2.65 bits per heavy atom. The molecule has 0 unspecified atom stereocenters. The third-order valence-corrected chi connectivity index (χ3v) is 3.23. The van der Waals surface area contributed by atoms with Crippen molar-refractivity contribution in [3.05, 3.63) is 24.3 Å². The van der Waals surface area contributed by atoms with Gasteiger partial charge >= 0.3 is 0 Å². The first-order valence-electron chi connectivity index (χ1n) is 7.95. The Balaban J connectivity index is 2.04. The molecule has 1 heterocycles. The van der Waals surface area contributed by atoms with Crippen molar-refractivity contribution in [1.29, 1.82) is 0 Å². The van der Waals surface area contributed by atoms with Gasteiger partial charge in [-0.15, -0.1) is 0 Å². The van der Waals surface area contributed by atoms with E-state index in [1.165, 1.54) is 0 Å². The highest BCUT2D eigenvalue weighted by Gasteiger charge is 2.15. The molecule has 1 N–H and O–H groups in total. The summed E-state index contributed by atoms with van der Waals surface area (Å²) in [6.45, 7) is 6.80.